The van der Waals surface area contributed by atoms with E-state index in [0.29, 0.717) is 5.56 Å². The predicted octanol–water partition coefficient (Wildman–Crippen LogP) is 2.42. The zero-order valence-corrected chi connectivity index (χ0v) is 6.89. The van der Waals surface area contributed by atoms with E-state index in [-0.39, 0.29) is 5.69 Å². The summed E-state index contributed by atoms with van der Waals surface area (Å²) in [5.41, 5.74) is 0.0593. The molecular formula is C8H6F3N3. The van der Waals surface area contributed by atoms with Crippen LogP contribution in [0, 0.1) is 0 Å². The molecule has 6 heteroatoms. The van der Waals surface area contributed by atoms with Crippen molar-refractivity contribution in [2.75, 3.05) is 0 Å². The largest absolute Gasteiger partial charge is 0.432 e. The Morgan fingerprint density at radius 3 is 2.57 bits per heavy atom. The maximum Gasteiger partial charge on any atom is 0.432 e. The van der Waals surface area contributed by atoms with Crippen LogP contribution in [0.15, 0.2) is 24.5 Å². The van der Waals surface area contributed by atoms with Gasteiger partial charge in [-0.2, -0.15) is 18.3 Å². The summed E-state index contributed by atoms with van der Waals surface area (Å²) in [6.07, 6.45) is -1.17. The van der Waals surface area contributed by atoms with Crippen LogP contribution in [0.2, 0.25) is 0 Å². The molecule has 0 saturated heterocycles. The first kappa shape index (κ1) is 8.86. The van der Waals surface area contributed by atoms with Crippen LogP contribution in [0.5, 0.6) is 0 Å². The van der Waals surface area contributed by atoms with E-state index in [1.54, 1.807) is 18.5 Å². The SMILES string of the molecule is FC(F)(F)c1cc(-c2cc[nH]c2)n[nH]1. The van der Waals surface area contributed by atoms with E-state index in [4.69, 9.17) is 0 Å². The van der Waals surface area contributed by atoms with Crippen LogP contribution >= 0.6 is 0 Å². The molecule has 0 spiro atoms. The van der Waals surface area contributed by atoms with Crippen molar-refractivity contribution in [1.29, 1.82) is 0 Å². The van der Waals surface area contributed by atoms with Crippen LogP contribution < -0.4 is 0 Å². The third kappa shape index (κ3) is 1.50. The molecule has 2 rings (SSSR count). The van der Waals surface area contributed by atoms with Gasteiger partial charge in [0.1, 0.15) is 5.69 Å². The summed E-state index contributed by atoms with van der Waals surface area (Å²) in [6.45, 7) is 0. The summed E-state index contributed by atoms with van der Waals surface area (Å²) < 4.78 is 36.5. The van der Waals surface area contributed by atoms with Gasteiger partial charge in [0.15, 0.2) is 0 Å². The Hall–Kier alpha value is -1.72. The summed E-state index contributed by atoms with van der Waals surface area (Å²) in [7, 11) is 0. The Kier molecular flexibility index (Phi) is 1.83. The Bertz CT molecular complexity index is 413. The van der Waals surface area contributed by atoms with Gasteiger partial charge in [-0.3, -0.25) is 5.10 Å². The molecule has 0 saturated carbocycles. The number of rotatable bonds is 1. The fourth-order valence-electron chi connectivity index (χ4n) is 1.10. The van der Waals surface area contributed by atoms with E-state index >= 15 is 0 Å². The third-order valence-corrected chi connectivity index (χ3v) is 1.78. The molecule has 2 aromatic rings. The van der Waals surface area contributed by atoms with Crippen molar-refractivity contribution in [2.24, 2.45) is 0 Å². The fraction of sp³-hybridized carbons (Fsp3) is 0.125. The summed E-state index contributed by atoms with van der Waals surface area (Å²) in [5.74, 6) is 0. The number of aromatic amines is 2. The molecule has 3 nitrogen and oxygen atoms in total. The number of halogens is 3. The highest BCUT2D eigenvalue weighted by Gasteiger charge is 2.33. The first-order valence-corrected chi connectivity index (χ1v) is 3.83. The quantitative estimate of drug-likeness (QED) is 0.731. The number of alkyl halides is 3. The second-order valence-corrected chi connectivity index (χ2v) is 2.76. The lowest BCUT2D eigenvalue weighted by molar-refractivity contribution is -0.141. The fourth-order valence-corrected chi connectivity index (χ4v) is 1.10. The van der Waals surface area contributed by atoms with E-state index in [1.165, 1.54) is 0 Å². The third-order valence-electron chi connectivity index (χ3n) is 1.78. The van der Waals surface area contributed by atoms with Crippen LogP contribution in [0.1, 0.15) is 5.69 Å². The lowest BCUT2D eigenvalue weighted by Crippen LogP contribution is -2.04. The van der Waals surface area contributed by atoms with Crippen molar-refractivity contribution in [1.82, 2.24) is 15.2 Å². The van der Waals surface area contributed by atoms with Gasteiger partial charge in [0.05, 0.1) is 5.69 Å². The van der Waals surface area contributed by atoms with Gasteiger partial charge in [0.2, 0.25) is 0 Å². The van der Waals surface area contributed by atoms with Crippen LogP contribution in [0.25, 0.3) is 11.3 Å². The minimum absolute atomic E-state index is 0.276. The van der Waals surface area contributed by atoms with E-state index in [1.807, 2.05) is 5.10 Å². The number of hydrogen-bond donors (Lipinski definition) is 2. The maximum atomic E-state index is 12.2. The molecule has 0 unspecified atom stereocenters. The molecule has 74 valence electrons. The van der Waals surface area contributed by atoms with E-state index in [9.17, 15) is 13.2 Å². The van der Waals surface area contributed by atoms with Crippen molar-refractivity contribution in [3.8, 4) is 11.3 Å². The summed E-state index contributed by atoms with van der Waals surface area (Å²) in [5, 5.41) is 5.51. The first-order valence-electron chi connectivity index (χ1n) is 3.83. The lowest BCUT2D eigenvalue weighted by Gasteiger charge is -1.99. The molecule has 0 bridgehead atoms. The number of aromatic nitrogens is 3. The Morgan fingerprint density at radius 2 is 2.07 bits per heavy atom. The van der Waals surface area contributed by atoms with Gasteiger partial charge in [0.25, 0.3) is 0 Å². The van der Waals surface area contributed by atoms with E-state index < -0.39 is 11.9 Å². The Balaban J connectivity index is 2.36. The second kappa shape index (κ2) is 2.90. The standard InChI is InChI=1S/C8H6F3N3/c9-8(10,11)7-3-6(13-14-7)5-1-2-12-4-5/h1-4,12H,(H,13,14). The zero-order valence-electron chi connectivity index (χ0n) is 6.89. The zero-order chi connectivity index (χ0) is 10.2. The number of nitrogens with zero attached hydrogens (tertiary/aromatic N) is 1. The van der Waals surface area contributed by atoms with Gasteiger partial charge in [0, 0.05) is 18.0 Å². The summed E-state index contributed by atoms with van der Waals surface area (Å²) in [6, 6.07) is 2.62. The predicted molar refractivity (Wildman–Crippen MR) is 43.4 cm³/mol. The minimum Gasteiger partial charge on any atom is -0.367 e. The van der Waals surface area contributed by atoms with Gasteiger partial charge >= 0.3 is 6.18 Å². The minimum atomic E-state index is -4.37. The molecule has 0 aliphatic rings. The van der Waals surface area contributed by atoms with Gasteiger partial charge in [-0.15, -0.1) is 0 Å². The molecule has 2 N–H and O–H groups in total. The van der Waals surface area contributed by atoms with Crippen molar-refractivity contribution in [3.63, 3.8) is 0 Å². The Labute approximate surface area is 77.0 Å². The van der Waals surface area contributed by atoms with Crippen LogP contribution in [-0.4, -0.2) is 15.2 Å². The normalized spacial score (nSPS) is 11.9. The van der Waals surface area contributed by atoms with Gasteiger partial charge in [-0.1, -0.05) is 0 Å². The molecule has 0 aliphatic carbocycles. The molecule has 0 aliphatic heterocycles. The topological polar surface area (TPSA) is 44.5 Å². The first-order chi connectivity index (χ1) is 6.57. The number of nitrogens with one attached hydrogen (secondary N) is 2. The average Bonchev–Trinajstić information content (AvgIpc) is 2.73. The smallest absolute Gasteiger partial charge is 0.367 e. The molecule has 2 aromatic heterocycles. The van der Waals surface area contributed by atoms with Crippen molar-refractivity contribution in [2.45, 2.75) is 6.18 Å². The highest BCUT2D eigenvalue weighted by Crippen LogP contribution is 2.29. The molecule has 0 aromatic carbocycles. The number of hydrogen-bond acceptors (Lipinski definition) is 1. The average molecular weight is 201 g/mol. The maximum absolute atomic E-state index is 12.2. The van der Waals surface area contributed by atoms with Crippen molar-refractivity contribution < 1.29 is 13.2 Å². The van der Waals surface area contributed by atoms with E-state index in [0.717, 1.165) is 6.07 Å². The molecule has 14 heavy (non-hydrogen) atoms. The van der Waals surface area contributed by atoms with Crippen molar-refractivity contribution in [3.05, 3.63) is 30.2 Å². The summed E-state index contributed by atoms with van der Waals surface area (Å²) in [4.78, 5) is 2.74. The lowest BCUT2D eigenvalue weighted by atomic mass is 10.2. The molecule has 0 radical (unpaired) electrons. The van der Waals surface area contributed by atoms with Gasteiger partial charge < -0.3 is 4.98 Å². The molecule has 0 atom stereocenters. The molecule has 2 heterocycles. The number of H-pyrrole nitrogens is 2. The van der Waals surface area contributed by atoms with Crippen LogP contribution in [0.4, 0.5) is 13.2 Å². The second-order valence-electron chi connectivity index (χ2n) is 2.76. The summed E-state index contributed by atoms with van der Waals surface area (Å²) >= 11 is 0. The Morgan fingerprint density at radius 1 is 1.29 bits per heavy atom. The van der Waals surface area contributed by atoms with Gasteiger partial charge in [-0.25, -0.2) is 0 Å². The van der Waals surface area contributed by atoms with Crippen LogP contribution in [0.3, 0.4) is 0 Å². The molecule has 0 fully saturated rings. The van der Waals surface area contributed by atoms with Crippen molar-refractivity contribution >= 4 is 0 Å². The molecule has 0 amide bonds. The highest BCUT2D eigenvalue weighted by molar-refractivity contribution is 5.58. The highest BCUT2D eigenvalue weighted by atomic mass is 19.4. The van der Waals surface area contributed by atoms with E-state index in [2.05, 4.69) is 10.1 Å². The van der Waals surface area contributed by atoms with Gasteiger partial charge in [-0.05, 0) is 12.1 Å². The molecular weight excluding hydrogens is 195 g/mol. The van der Waals surface area contributed by atoms with Crippen LogP contribution in [-0.2, 0) is 6.18 Å². The monoisotopic (exact) mass is 201 g/mol.